The summed E-state index contributed by atoms with van der Waals surface area (Å²) in [6.45, 7) is 5.42. The predicted molar refractivity (Wildman–Crippen MR) is 70.5 cm³/mol. The molecule has 1 fully saturated rings. The maximum Gasteiger partial charge on any atom is 0.407 e. The number of alkyl carbamates (subject to hydrolysis) is 1. The Morgan fingerprint density at radius 3 is 2.37 bits per heavy atom. The molecule has 110 valence electrons. The molecule has 6 heteroatoms. The molecule has 19 heavy (non-hydrogen) atoms. The van der Waals surface area contributed by atoms with Gasteiger partial charge in [-0.1, -0.05) is 0 Å². The lowest BCUT2D eigenvalue weighted by Crippen LogP contribution is -2.52. The van der Waals surface area contributed by atoms with Crippen LogP contribution in [-0.4, -0.2) is 36.9 Å². The second kappa shape index (κ2) is 6.23. The Labute approximate surface area is 114 Å². The smallest absolute Gasteiger partial charge is 0.407 e. The van der Waals surface area contributed by atoms with E-state index in [1.807, 2.05) is 0 Å². The fourth-order valence-corrected chi connectivity index (χ4v) is 2.22. The monoisotopic (exact) mass is 272 g/mol. The van der Waals surface area contributed by atoms with Crippen molar-refractivity contribution in [2.45, 2.75) is 57.7 Å². The van der Waals surface area contributed by atoms with Gasteiger partial charge in [0.15, 0.2) is 0 Å². The van der Waals surface area contributed by atoms with Gasteiger partial charge in [0.2, 0.25) is 0 Å². The first kappa shape index (κ1) is 15.8. The second-order valence-corrected chi connectivity index (χ2v) is 5.95. The molecule has 1 rings (SSSR count). The molecule has 0 spiro atoms. The number of hydrogen-bond donors (Lipinski definition) is 2. The van der Waals surface area contributed by atoms with Crippen LogP contribution in [0.15, 0.2) is 0 Å². The second-order valence-electron chi connectivity index (χ2n) is 5.95. The average Bonchev–Trinajstić information content (AvgIpc) is 2.28. The zero-order valence-electron chi connectivity index (χ0n) is 12.1. The highest BCUT2D eigenvalue weighted by Gasteiger charge is 2.33. The maximum atomic E-state index is 11.7. The third-order valence-electron chi connectivity index (χ3n) is 3.14. The summed E-state index contributed by atoms with van der Waals surface area (Å²) in [6.07, 6.45) is 1.37. The molecule has 0 aromatic carbocycles. The number of rotatable bonds is 2. The van der Waals surface area contributed by atoms with Crippen LogP contribution in [0.25, 0.3) is 0 Å². The number of carbonyl (C=O) groups excluding carboxylic acids is 2. The summed E-state index contributed by atoms with van der Waals surface area (Å²) in [6, 6.07) is -0.416. The minimum absolute atomic E-state index is 0.157. The molecule has 0 aromatic heterocycles. The number of hydrogen-bond acceptors (Lipinski definition) is 5. The van der Waals surface area contributed by atoms with Gasteiger partial charge < -0.3 is 20.5 Å². The van der Waals surface area contributed by atoms with E-state index in [4.69, 9.17) is 15.2 Å². The molecule has 0 heterocycles. The lowest BCUT2D eigenvalue weighted by molar-refractivity contribution is -0.146. The molecule has 3 atom stereocenters. The topological polar surface area (TPSA) is 90.6 Å². The number of ether oxygens (including phenoxy) is 2. The molecule has 0 saturated heterocycles. The van der Waals surface area contributed by atoms with Gasteiger partial charge in [0, 0.05) is 12.1 Å². The Bertz CT molecular complexity index is 338. The predicted octanol–water partition coefficient (Wildman–Crippen LogP) is 1.18. The summed E-state index contributed by atoms with van der Waals surface area (Å²) in [5.74, 6) is -0.400. The van der Waals surface area contributed by atoms with Crippen molar-refractivity contribution >= 4 is 12.1 Å². The van der Waals surface area contributed by atoms with Gasteiger partial charge in [-0.05, 0) is 40.0 Å². The van der Waals surface area contributed by atoms with Crippen molar-refractivity contribution in [3.63, 3.8) is 0 Å². The molecule has 0 aliphatic heterocycles. The molecule has 6 nitrogen and oxygen atoms in total. The Hall–Kier alpha value is -1.30. The number of carbonyl (C=O) groups is 2. The van der Waals surface area contributed by atoms with E-state index in [2.05, 4.69) is 5.32 Å². The number of methoxy groups -OCH3 is 1. The van der Waals surface area contributed by atoms with Gasteiger partial charge in [0.25, 0.3) is 0 Å². The van der Waals surface area contributed by atoms with E-state index in [1.165, 1.54) is 7.11 Å². The number of esters is 1. The zero-order valence-corrected chi connectivity index (χ0v) is 12.1. The summed E-state index contributed by atoms with van der Waals surface area (Å²) >= 11 is 0. The van der Waals surface area contributed by atoms with Gasteiger partial charge in [0.05, 0.1) is 13.0 Å². The van der Waals surface area contributed by atoms with Crippen LogP contribution < -0.4 is 11.1 Å². The molecule has 3 N–H and O–H groups in total. The summed E-state index contributed by atoms with van der Waals surface area (Å²) in [5, 5.41) is 2.76. The molecule has 1 amide bonds. The fourth-order valence-electron chi connectivity index (χ4n) is 2.22. The van der Waals surface area contributed by atoms with Gasteiger partial charge in [-0.2, -0.15) is 0 Å². The minimum atomic E-state index is -0.530. The maximum absolute atomic E-state index is 11.7. The van der Waals surface area contributed by atoms with Crippen LogP contribution >= 0.6 is 0 Å². The number of amides is 1. The van der Waals surface area contributed by atoms with E-state index < -0.39 is 11.7 Å². The van der Waals surface area contributed by atoms with Crippen molar-refractivity contribution in [3.05, 3.63) is 0 Å². The molecular weight excluding hydrogens is 248 g/mol. The summed E-state index contributed by atoms with van der Waals surface area (Å²) < 4.78 is 9.90. The van der Waals surface area contributed by atoms with Crippen molar-refractivity contribution in [2.75, 3.05) is 7.11 Å². The van der Waals surface area contributed by atoms with E-state index in [0.29, 0.717) is 19.3 Å². The van der Waals surface area contributed by atoms with Crippen LogP contribution in [0.2, 0.25) is 0 Å². The van der Waals surface area contributed by atoms with Crippen molar-refractivity contribution in [3.8, 4) is 0 Å². The standard InChI is InChI=1S/C13H24N2O4/c1-13(2,3)19-12(17)15-10-6-5-8(7-9(10)14)11(16)18-4/h8-10H,5-7,14H2,1-4H3,(H,15,17)/t8?,9?,10-/m0/s1. The van der Waals surface area contributed by atoms with E-state index in [9.17, 15) is 9.59 Å². The van der Waals surface area contributed by atoms with Crippen LogP contribution in [0.4, 0.5) is 4.79 Å². The quantitative estimate of drug-likeness (QED) is 0.737. The van der Waals surface area contributed by atoms with Crippen molar-refractivity contribution in [1.82, 2.24) is 5.32 Å². The number of nitrogens with one attached hydrogen (secondary N) is 1. The first-order valence-electron chi connectivity index (χ1n) is 6.56. The highest BCUT2D eigenvalue weighted by molar-refractivity contribution is 5.72. The van der Waals surface area contributed by atoms with E-state index >= 15 is 0 Å². The Morgan fingerprint density at radius 2 is 1.89 bits per heavy atom. The lowest BCUT2D eigenvalue weighted by Gasteiger charge is -2.33. The Morgan fingerprint density at radius 1 is 1.26 bits per heavy atom. The van der Waals surface area contributed by atoms with Gasteiger partial charge in [0.1, 0.15) is 5.60 Å². The third-order valence-corrected chi connectivity index (χ3v) is 3.14. The van der Waals surface area contributed by atoms with Crippen LogP contribution in [0.5, 0.6) is 0 Å². The lowest BCUT2D eigenvalue weighted by atomic mass is 9.83. The fraction of sp³-hybridized carbons (Fsp3) is 0.846. The zero-order chi connectivity index (χ0) is 14.6. The largest absolute Gasteiger partial charge is 0.469 e. The molecular formula is C13H24N2O4. The highest BCUT2D eigenvalue weighted by Crippen LogP contribution is 2.25. The number of nitrogens with two attached hydrogens (primary N) is 1. The molecule has 1 aliphatic carbocycles. The van der Waals surface area contributed by atoms with Crippen LogP contribution in [0.1, 0.15) is 40.0 Å². The highest BCUT2D eigenvalue weighted by atomic mass is 16.6. The summed E-state index contributed by atoms with van der Waals surface area (Å²) in [5.41, 5.74) is 5.47. The first-order chi connectivity index (χ1) is 8.73. The van der Waals surface area contributed by atoms with E-state index in [-0.39, 0.29) is 24.0 Å². The SMILES string of the molecule is COC(=O)C1CC[C@H](NC(=O)OC(C)(C)C)C(N)C1. The van der Waals surface area contributed by atoms with Crippen molar-refractivity contribution in [1.29, 1.82) is 0 Å². The van der Waals surface area contributed by atoms with Gasteiger partial charge in [-0.3, -0.25) is 4.79 Å². The molecule has 2 unspecified atom stereocenters. The molecule has 0 radical (unpaired) electrons. The molecule has 0 aromatic rings. The van der Waals surface area contributed by atoms with E-state index in [0.717, 1.165) is 0 Å². The first-order valence-corrected chi connectivity index (χ1v) is 6.56. The minimum Gasteiger partial charge on any atom is -0.469 e. The van der Waals surface area contributed by atoms with Gasteiger partial charge in [-0.15, -0.1) is 0 Å². The Balaban J connectivity index is 2.46. The van der Waals surface area contributed by atoms with Crippen molar-refractivity contribution < 1.29 is 19.1 Å². The van der Waals surface area contributed by atoms with Crippen LogP contribution in [0, 0.1) is 5.92 Å². The molecule has 0 bridgehead atoms. The third kappa shape index (κ3) is 5.06. The Kier molecular flexibility index (Phi) is 5.17. The normalized spacial score (nSPS) is 27.5. The van der Waals surface area contributed by atoms with Gasteiger partial charge in [-0.25, -0.2) is 4.79 Å². The molecule has 1 aliphatic rings. The average molecular weight is 272 g/mol. The van der Waals surface area contributed by atoms with Crippen LogP contribution in [-0.2, 0) is 14.3 Å². The van der Waals surface area contributed by atoms with Crippen molar-refractivity contribution in [2.24, 2.45) is 11.7 Å². The van der Waals surface area contributed by atoms with Gasteiger partial charge >= 0.3 is 12.1 Å². The summed E-state index contributed by atoms with van der Waals surface area (Å²) in [7, 11) is 1.37. The summed E-state index contributed by atoms with van der Waals surface area (Å²) in [4.78, 5) is 23.1. The van der Waals surface area contributed by atoms with Crippen LogP contribution in [0.3, 0.4) is 0 Å². The van der Waals surface area contributed by atoms with E-state index in [1.54, 1.807) is 20.8 Å². The molecule has 1 saturated carbocycles.